The number of nitrogens with zero attached hydrogens (tertiary/aromatic N) is 2. The van der Waals surface area contributed by atoms with Crippen molar-refractivity contribution in [1.29, 1.82) is 0 Å². The van der Waals surface area contributed by atoms with Gasteiger partial charge < -0.3 is 5.73 Å². The van der Waals surface area contributed by atoms with E-state index in [1.807, 2.05) is 30.6 Å². The van der Waals surface area contributed by atoms with E-state index >= 15 is 0 Å². The van der Waals surface area contributed by atoms with Crippen LogP contribution in [0.15, 0.2) is 54.9 Å². The zero-order chi connectivity index (χ0) is 14.7. The molecule has 0 aliphatic rings. The minimum Gasteiger partial charge on any atom is -0.324 e. The molecule has 0 saturated carbocycles. The van der Waals surface area contributed by atoms with Gasteiger partial charge in [-0.1, -0.05) is 31.2 Å². The quantitative estimate of drug-likeness (QED) is 0.795. The first kappa shape index (κ1) is 13.7. The first-order valence-electron chi connectivity index (χ1n) is 7.31. The lowest BCUT2D eigenvalue weighted by Crippen LogP contribution is -2.14. The van der Waals surface area contributed by atoms with Crippen LogP contribution in [-0.2, 0) is 12.8 Å². The molecule has 0 bridgehead atoms. The maximum atomic E-state index is 6.40. The second-order valence-electron chi connectivity index (χ2n) is 5.24. The Kier molecular flexibility index (Phi) is 3.93. The lowest BCUT2D eigenvalue weighted by Gasteiger charge is -2.14. The van der Waals surface area contributed by atoms with Crippen LogP contribution in [0.3, 0.4) is 0 Å². The minimum atomic E-state index is -0.0714. The second-order valence-corrected chi connectivity index (χ2v) is 5.24. The van der Waals surface area contributed by atoms with Gasteiger partial charge in [0.15, 0.2) is 0 Å². The number of pyridine rings is 2. The summed E-state index contributed by atoms with van der Waals surface area (Å²) < 4.78 is 0. The Morgan fingerprint density at radius 2 is 1.95 bits per heavy atom. The number of aromatic nitrogens is 2. The molecule has 0 aliphatic heterocycles. The second kappa shape index (κ2) is 6.02. The van der Waals surface area contributed by atoms with Crippen LogP contribution in [-0.4, -0.2) is 9.97 Å². The van der Waals surface area contributed by atoms with E-state index in [2.05, 4.69) is 41.2 Å². The number of rotatable bonds is 4. The number of fused-ring (bicyclic) bond motifs is 1. The topological polar surface area (TPSA) is 51.8 Å². The number of aryl methyl sites for hydroxylation is 1. The average molecular weight is 277 g/mol. The third-order valence-corrected chi connectivity index (χ3v) is 3.80. The number of nitrogens with two attached hydrogens (primary N) is 1. The summed E-state index contributed by atoms with van der Waals surface area (Å²) >= 11 is 0. The predicted molar refractivity (Wildman–Crippen MR) is 86.0 cm³/mol. The smallest absolute Gasteiger partial charge is 0.0705 e. The van der Waals surface area contributed by atoms with E-state index < -0.39 is 0 Å². The Hall–Kier alpha value is -2.26. The Morgan fingerprint density at radius 1 is 1.05 bits per heavy atom. The van der Waals surface area contributed by atoms with Crippen molar-refractivity contribution >= 4 is 10.9 Å². The van der Waals surface area contributed by atoms with Crippen molar-refractivity contribution in [3.8, 4) is 0 Å². The summed E-state index contributed by atoms with van der Waals surface area (Å²) in [5, 5.41) is 1.12. The van der Waals surface area contributed by atoms with E-state index in [1.54, 1.807) is 0 Å². The zero-order valence-electron chi connectivity index (χ0n) is 12.2. The molecule has 3 heteroatoms. The molecule has 0 fully saturated rings. The molecular formula is C18H19N3. The van der Waals surface area contributed by atoms with E-state index in [9.17, 15) is 0 Å². The van der Waals surface area contributed by atoms with E-state index in [4.69, 9.17) is 5.73 Å². The summed E-state index contributed by atoms with van der Waals surface area (Å²) in [4.78, 5) is 8.88. The first-order valence-corrected chi connectivity index (χ1v) is 7.31. The fraction of sp³-hybridized carbons (Fsp3) is 0.222. The Balaban J connectivity index is 1.88. The molecule has 0 amide bonds. The molecule has 3 aromatic rings. The molecule has 0 saturated heterocycles. The lowest BCUT2D eigenvalue weighted by atomic mass is 9.98. The normalized spacial score (nSPS) is 12.5. The van der Waals surface area contributed by atoms with Crippen molar-refractivity contribution in [1.82, 2.24) is 9.97 Å². The molecule has 0 aliphatic carbocycles. The molecule has 2 heterocycles. The van der Waals surface area contributed by atoms with Crippen LogP contribution in [0.5, 0.6) is 0 Å². The zero-order valence-corrected chi connectivity index (χ0v) is 12.2. The molecular weight excluding hydrogens is 258 g/mol. The fourth-order valence-corrected chi connectivity index (χ4v) is 2.57. The molecule has 2 N–H and O–H groups in total. The van der Waals surface area contributed by atoms with E-state index in [1.165, 1.54) is 5.56 Å². The highest BCUT2D eigenvalue weighted by Gasteiger charge is 2.11. The van der Waals surface area contributed by atoms with Crippen molar-refractivity contribution < 1.29 is 0 Å². The highest BCUT2D eigenvalue weighted by molar-refractivity contribution is 5.82. The summed E-state index contributed by atoms with van der Waals surface area (Å²) in [7, 11) is 0. The van der Waals surface area contributed by atoms with Crippen molar-refractivity contribution in [2.24, 2.45) is 5.73 Å². The molecule has 2 aromatic heterocycles. The van der Waals surface area contributed by atoms with Crippen LogP contribution in [0.25, 0.3) is 10.9 Å². The summed E-state index contributed by atoms with van der Waals surface area (Å²) in [6.45, 7) is 2.13. The van der Waals surface area contributed by atoms with Gasteiger partial charge in [0.05, 0.1) is 5.52 Å². The molecule has 3 rings (SSSR count). The summed E-state index contributed by atoms with van der Waals surface area (Å²) in [5.74, 6) is 0. The van der Waals surface area contributed by atoms with Gasteiger partial charge in [-0.15, -0.1) is 0 Å². The van der Waals surface area contributed by atoms with Crippen molar-refractivity contribution in [3.63, 3.8) is 0 Å². The molecule has 1 atom stereocenters. The Bertz CT molecular complexity index is 730. The van der Waals surface area contributed by atoms with Crippen molar-refractivity contribution in [3.05, 3.63) is 71.7 Å². The Labute approximate surface area is 124 Å². The molecule has 21 heavy (non-hydrogen) atoms. The third kappa shape index (κ3) is 2.93. The van der Waals surface area contributed by atoms with Crippen LogP contribution >= 0.6 is 0 Å². The maximum Gasteiger partial charge on any atom is 0.0705 e. The van der Waals surface area contributed by atoms with Gasteiger partial charge in [-0.05, 0) is 35.7 Å². The number of hydrogen-bond donors (Lipinski definition) is 1. The van der Waals surface area contributed by atoms with Gasteiger partial charge >= 0.3 is 0 Å². The van der Waals surface area contributed by atoms with Crippen LogP contribution < -0.4 is 5.73 Å². The minimum absolute atomic E-state index is 0.0714. The van der Waals surface area contributed by atoms with Gasteiger partial charge in [0, 0.05) is 35.9 Å². The highest BCUT2D eigenvalue weighted by Crippen LogP contribution is 2.23. The van der Waals surface area contributed by atoms with Crippen LogP contribution in [0.1, 0.15) is 29.8 Å². The fourth-order valence-electron chi connectivity index (χ4n) is 2.57. The van der Waals surface area contributed by atoms with Crippen LogP contribution in [0.2, 0.25) is 0 Å². The van der Waals surface area contributed by atoms with Gasteiger partial charge in [0.2, 0.25) is 0 Å². The van der Waals surface area contributed by atoms with Crippen LogP contribution in [0.4, 0.5) is 0 Å². The number of benzene rings is 1. The van der Waals surface area contributed by atoms with Gasteiger partial charge in [-0.3, -0.25) is 9.97 Å². The monoisotopic (exact) mass is 277 g/mol. The number of hydrogen-bond acceptors (Lipinski definition) is 3. The summed E-state index contributed by atoms with van der Waals surface area (Å²) in [6.07, 6.45) is 5.49. The van der Waals surface area contributed by atoms with Gasteiger partial charge in [0.25, 0.3) is 0 Å². The molecule has 1 aromatic carbocycles. The third-order valence-electron chi connectivity index (χ3n) is 3.80. The van der Waals surface area contributed by atoms with Gasteiger partial charge in [0.1, 0.15) is 0 Å². The van der Waals surface area contributed by atoms with Gasteiger partial charge in [-0.25, -0.2) is 0 Å². The summed E-state index contributed by atoms with van der Waals surface area (Å²) in [6, 6.07) is 14.3. The maximum absolute atomic E-state index is 6.40. The van der Waals surface area contributed by atoms with E-state index in [0.717, 1.165) is 35.0 Å². The molecule has 0 spiro atoms. The SMILES string of the molecule is CCc1ccc(CC(N)c2cccc3ncccc23)nc1. The molecule has 106 valence electrons. The molecule has 0 radical (unpaired) electrons. The first-order chi connectivity index (χ1) is 10.3. The van der Waals surface area contributed by atoms with E-state index in [-0.39, 0.29) is 6.04 Å². The van der Waals surface area contributed by atoms with Crippen LogP contribution in [0, 0.1) is 0 Å². The molecule has 3 nitrogen and oxygen atoms in total. The lowest BCUT2D eigenvalue weighted by molar-refractivity contribution is 0.711. The summed E-state index contributed by atoms with van der Waals surface area (Å²) in [5.41, 5.74) is 10.8. The van der Waals surface area contributed by atoms with Crippen molar-refractivity contribution in [2.75, 3.05) is 0 Å². The predicted octanol–water partition coefficient (Wildman–Crippen LogP) is 3.43. The average Bonchev–Trinajstić information content (AvgIpc) is 2.55. The van der Waals surface area contributed by atoms with Crippen molar-refractivity contribution in [2.45, 2.75) is 25.8 Å². The largest absolute Gasteiger partial charge is 0.324 e. The highest BCUT2D eigenvalue weighted by atomic mass is 14.7. The standard InChI is InChI=1S/C18H19N3/c1-2-13-8-9-14(21-12-13)11-17(19)15-5-3-7-18-16(15)6-4-10-20-18/h3-10,12,17H,2,11,19H2,1H3. The molecule has 1 unspecified atom stereocenters. The Morgan fingerprint density at radius 3 is 2.71 bits per heavy atom. The van der Waals surface area contributed by atoms with Gasteiger partial charge in [-0.2, -0.15) is 0 Å². The van der Waals surface area contributed by atoms with E-state index in [0.29, 0.717) is 0 Å².